The van der Waals surface area contributed by atoms with E-state index >= 15 is 0 Å². The van der Waals surface area contributed by atoms with Crippen LogP contribution in [0, 0.1) is 0 Å². The highest BCUT2D eigenvalue weighted by molar-refractivity contribution is 7.89. The van der Waals surface area contributed by atoms with Crippen LogP contribution in [0.4, 0.5) is 0 Å². The molecule has 1 N–H and O–H groups in total. The fraction of sp³-hybridized carbons (Fsp3) is 0.455. The molecular formula is C11H14ClNO3S. The Morgan fingerprint density at radius 1 is 1.35 bits per heavy atom. The Kier molecular flexibility index (Phi) is 3.20. The molecule has 1 fully saturated rings. The first-order valence-electron chi connectivity index (χ1n) is 5.29. The molecule has 1 aliphatic heterocycles. The van der Waals surface area contributed by atoms with Crippen molar-refractivity contribution in [3.8, 4) is 0 Å². The SMILES string of the molecule is CC1(O)CCN(S(=O)(=O)c2ccc(Cl)cc2)C1. The van der Waals surface area contributed by atoms with E-state index in [9.17, 15) is 13.5 Å². The molecule has 6 heteroatoms. The lowest BCUT2D eigenvalue weighted by Gasteiger charge is -2.18. The van der Waals surface area contributed by atoms with Crippen LogP contribution in [0.3, 0.4) is 0 Å². The van der Waals surface area contributed by atoms with Gasteiger partial charge < -0.3 is 5.11 Å². The number of β-amino-alcohol motifs (C(OH)–C–C–N with tert-alkyl or cyclic N) is 1. The molecule has 1 saturated heterocycles. The van der Waals surface area contributed by atoms with E-state index in [1.54, 1.807) is 19.1 Å². The third kappa shape index (κ3) is 2.63. The second-order valence-electron chi connectivity index (χ2n) is 4.54. The van der Waals surface area contributed by atoms with Crippen LogP contribution in [-0.2, 0) is 10.0 Å². The monoisotopic (exact) mass is 275 g/mol. The lowest BCUT2D eigenvalue weighted by atomic mass is 10.1. The van der Waals surface area contributed by atoms with E-state index in [2.05, 4.69) is 0 Å². The molecule has 94 valence electrons. The first-order chi connectivity index (χ1) is 7.81. The van der Waals surface area contributed by atoms with Gasteiger partial charge in [-0.1, -0.05) is 11.6 Å². The molecule has 0 aliphatic carbocycles. The van der Waals surface area contributed by atoms with Gasteiger partial charge in [-0.25, -0.2) is 8.42 Å². The van der Waals surface area contributed by atoms with E-state index < -0.39 is 15.6 Å². The Labute approximate surface area is 106 Å². The lowest BCUT2D eigenvalue weighted by molar-refractivity contribution is 0.0762. The van der Waals surface area contributed by atoms with Gasteiger partial charge in [0, 0.05) is 18.1 Å². The van der Waals surface area contributed by atoms with Crippen LogP contribution < -0.4 is 0 Å². The van der Waals surface area contributed by atoms with E-state index in [0.29, 0.717) is 18.0 Å². The maximum absolute atomic E-state index is 12.2. The zero-order valence-corrected chi connectivity index (χ0v) is 11.0. The Hall–Kier alpha value is -0.620. The summed E-state index contributed by atoms with van der Waals surface area (Å²) >= 11 is 5.72. The van der Waals surface area contributed by atoms with Gasteiger partial charge in [0.2, 0.25) is 10.0 Å². The minimum atomic E-state index is -3.51. The van der Waals surface area contributed by atoms with Crippen LogP contribution in [0.5, 0.6) is 0 Å². The van der Waals surface area contributed by atoms with Gasteiger partial charge in [0.25, 0.3) is 0 Å². The van der Waals surface area contributed by atoms with E-state index in [1.807, 2.05) is 0 Å². The zero-order chi connectivity index (χ0) is 12.7. The van der Waals surface area contributed by atoms with E-state index in [4.69, 9.17) is 11.6 Å². The number of benzene rings is 1. The van der Waals surface area contributed by atoms with Crippen molar-refractivity contribution in [2.75, 3.05) is 13.1 Å². The van der Waals surface area contributed by atoms with Crippen molar-refractivity contribution >= 4 is 21.6 Å². The van der Waals surface area contributed by atoms with Crippen molar-refractivity contribution in [3.05, 3.63) is 29.3 Å². The van der Waals surface area contributed by atoms with Crippen molar-refractivity contribution in [3.63, 3.8) is 0 Å². The van der Waals surface area contributed by atoms with Gasteiger partial charge in [-0.15, -0.1) is 0 Å². The van der Waals surface area contributed by atoms with Crippen LogP contribution >= 0.6 is 11.6 Å². The second kappa shape index (κ2) is 4.24. The summed E-state index contributed by atoms with van der Waals surface area (Å²) in [5.41, 5.74) is -0.931. The molecule has 1 unspecified atom stereocenters. The van der Waals surface area contributed by atoms with Crippen molar-refractivity contribution in [1.29, 1.82) is 0 Å². The van der Waals surface area contributed by atoms with Gasteiger partial charge >= 0.3 is 0 Å². The molecule has 0 aromatic heterocycles. The highest BCUT2D eigenvalue weighted by atomic mass is 35.5. The van der Waals surface area contributed by atoms with Crippen LogP contribution in [0.15, 0.2) is 29.2 Å². The molecule has 2 rings (SSSR count). The summed E-state index contributed by atoms with van der Waals surface area (Å²) in [6.07, 6.45) is 0.458. The first kappa shape index (κ1) is 12.8. The normalized spacial score (nSPS) is 26.3. The molecule has 0 bridgehead atoms. The summed E-state index contributed by atoms with van der Waals surface area (Å²) in [4.78, 5) is 0.208. The second-order valence-corrected chi connectivity index (χ2v) is 6.91. The maximum Gasteiger partial charge on any atom is 0.243 e. The summed E-state index contributed by atoms with van der Waals surface area (Å²) in [5.74, 6) is 0. The third-order valence-corrected chi connectivity index (χ3v) is 4.98. The van der Waals surface area contributed by atoms with Gasteiger partial charge in [-0.05, 0) is 37.6 Å². The summed E-state index contributed by atoms with van der Waals surface area (Å²) in [6, 6.07) is 6.04. The molecule has 1 heterocycles. The number of rotatable bonds is 2. The average Bonchev–Trinajstić information content (AvgIpc) is 2.60. The number of hydrogen-bond donors (Lipinski definition) is 1. The Morgan fingerprint density at radius 3 is 2.41 bits per heavy atom. The van der Waals surface area contributed by atoms with Crippen LogP contribution in [-0.4, -0.2) is 36.5 Å². The highest BCUT2D eigenvalue weighted by Gasteiger charge is 2.38. The minimum Gasteiger partial charge on any atom is -0.389 e. The number of nitrogens with zero attached hydrogens (tertiary/aromatic N) is 1. The molecule has 0 amide bonds. The van der Waals surface area contributed by atoms with Crippen molar-refractivity contribution in [1.82, 2.24) is 4.31 Å². The van der Waals surface area contributed by atoms with E-state index in [0.717, 1.165) is 0 Å². The number of sulfonamides is 1. The van der Waals surface area contributed by atoms with Crippen molar-refractivity contribution in [2.24, 2.45) is 0 Å². The molecule has 1 aliphatic rings. The molecule has 0 saturated carbocycles. The van der Waals surface area contributed by atoms with Gasteiger partial charge in [0.15, 0.2) is 0 Å². The van der Waals surface area contributed by atoms with E-state index in [-0.39, 0.29) is 11.4 Å². The highest BCUT2D eigenvalue weighted by Crippen LogP contribution is 2.27. The van der Waals surface area contributed by atoms with Crippen LogP contribution in [0.1, 0.15) is 13.3 Å². The molecule has 0 spiro atoms. The molecule has 1 aromatic rings. The predicted molar refractivity (Wildman–Crippen MR) is 65.5 cm³/mol. The van der Waals surface area contributed by atoms with Gasteiger partial charge in [-0.3, -0.25) is 0 Å². The largest absolute Gasteiger partial charge is 0.389 e. The maximum atomic E-state index is 12.2. The molecule has 1 aromatic carbocycles. The number of halogens is 1. The van der Waals surface area contributed by atoms with E-state index in [1.165, 1.54) is 16.4 Å². The Balaban J connectivity index is 2.29. The van der Waals surface area contributed by atoms with Crippen LogP contribution in [0.25, 0.3) is 0 Å². The molecule has 4 nitrogen and oxygen atoms in total. The van der Waals surface area contributed by atoms with Gasteiger partial charge in [0.1, 0.15) is 0 Å². The first-order valence-corrected chi connectivity index (χ1v) is 7.11. The summed E-state index contributed by atoms with van der Waals surface area (Å²) in [5, 5.41) is 10.3. The number of aliphatic hydroxyl groups is 1. The fourth-order valence-corrected chi connectivity index (χ4v) is 3.55. The Bertz CT molecular complexity index is 510. The summed E-state index contributed by atoms with van der Waals surface area (Å²) < 4.78 is 25.7. The predicted octanol–water partition coefficient (Wildman–Crippen LogP) is 1.49. The molecular weight excluding hydrogens is 262 g/mol. The topological polar surface area (TPSA) is 57.6 Å². The standard InChI is InChI=1S/C11H14ClNO3S/c1-11(14)6-7-13(8-11)17(15,16)10-4-2-9(12)3-5-10/h2-5,14H,6-8H2,1H3. The van der Waals surface area contributed by atoms with Crippen LogP contribution in [0.2, 0.25) is 5.02 Å². The van der Waals surface area contributed by atoms with Gasteiger partial charge in [0.05, 0.1) is 10.5 Å². The summed E-state index contributed by atoms with van der Waals surface area (Å²) in [6.45, 7) is 2.13. The van der Waals surface area contributed by atoms with Gasteiger partial charge in [-0.2, -0.15) is 4.31 Å². The summed E-state index contributed by atoms with van der Waals surface area (Å²) in [7, 11) is -3.51. The zero-order valence-electron chi connectivity index (χ0n) is 9.43. The van der Waals surface area contributed by atoms with Crippen molar-refractivity contribution in [2.45, 2.75) is 23.8 Å². The minimum absolute atomic E-state index is 0.137. The molecule has 0 radical (unpaired) electrons. The molecule has 17 heavy (non-hydrogen) atoms. The Morgan fingerprint density at radius 2 is 1.94 bits per heavy atom. The lowest BCUT2D eigenvalue weighted by Crippen LogP contribution is -2.33. The molecule has 1 atom stereocenters. The average molecular weight is 276 g/mol. The fourth-order valence-electron chi connectivity index (χ4n) is 1.86. The third-order valence-electron chi connectivity index (χ3n) is 2.87. The smallest absolute Gasteiger partial charge is 0.243 e. The quantitative estimate of drug-likeness (QED) is 0.890. The number of hydrogen-bond acceptors (Lipinski definition) is 3. The van der Waals surface area contributed by atoms with Crippen molar-refractivity contribution < 1.29 is 13.5 Å².